The summed E-state index contributed by atoms with van der Waals surface area (Å²) in [6, 6.07) is 24.7. The number of aromatic nitrogens is 1. The molecule has 1 aromatic heterocycles. The number of anilines is 1. The van der Waals surface area contributed by atoms with Crippen molar-refractivity contribution in [3.05, 3.63) is 72.8 Å². The van der Waals surface area contributed by atoms with Crippen molar-refractivity contribution < 1.29 is 14.6 Å². The van der Waals surface area contributed by atoms with Crippen molar-refractivity contribution in [1.82, 2.24) is 4.98 Å². The molecule has 5 nitrogen and oxygen atoms in total. The van der Waals surface area contributed by atoms with Crippen LogP contribution in [0.1, 0.15) is 12.8 Å². The molecule has 0 saturated heterocycles. The average Bonchev–Trinajstić information content (AvgIpc) is 2.76. The molecule has 0 amide bonds. The van der Waals surface area contributed by atoms with Gasteiger partial charge in [0.2, 0.25) is 0 Å². The number of unbranched alkanes of at least 4 members (excludes halogenated alkanes) is 1. The van der Waals surface area contributed by atoms with Gasteiger partial charge in [0.05, 0.1) is 5.69 Å². The maximum Gasteiger partial charge on any atom is 0.329 e. The minimum atomic E-state index is -0.932. The van der Waals surface area contributed by atoms with Crippen LogP contribution in [-0.4, -0.2) is 72.4 Å². The molecular weight excluding hydrogens is 387 g/mol. The fraction of sp³-hybridized carbons (Fsp3) is 0.250. The quantitative estimate of drug-likeness (QED) is 0.395. The van der Waals surface area contributed by atoms with Gasteiger partial charge in [0, 0.05) is 60.9 Å². The minimum Gasteiger partial charge on any atom is -0.480 e. The monoisotopic (exact) mass is 413 g/mol. The third-order valence-corrected chi connectivity index (χ3v) is 4.66. The van der Waals surface area contributed by atoms with Gasteiger partial charge in [-0.3, -0.25) is 0 Å². The van der Waals surface area contributed by atoms with Crippen LogP contribution >= 0.6 is 0 Å². The summed E-state index contributed by atoms with van der Waals surface area (Å²) in [7, 11) is 2.03. The summed E-state index contributed by atoms with van der Waals surface area (Å²) in [6.45, 7) is 1.04. The molecule has 1 N–H and O–H groups in total. The molecule has 0 aliphatic carbocycles. The average molecular weight is 413 g/mol. The first-order chi connectivity index (χ1) is 14.1. The number of nitrogens with zero attached hydrogens (tertiary/aromatic N) is 2. The second-order valence-electron chi connectivity index (χ2n) is 6.87. The van der Waals surface area contributed by atoms with Gasteiger partial charge in [0.15, 0.2) is 0 Å². The van der Waals surface area contributed by atoms with Crippen molar-refractivity contribution in [2.75, 3.05) is 31.7 Å². The molecule has 0 unspecified atom stereocenters. The molecule has 1 radical (unpaired) electrons. The Kier molecular flexibility index (Phi) is 10.0. The van der Waals surface area contributed by atoms with Gasteiger partial charge in [-0.1, -0.05) is 60.7 Å². The van der Waals surface area contributed by atoms with E-state index in [-0.39, 0.29) is 36.2 Å². The maximum absolute atomic E-state index is 10.5. The summed E-state index contributed by atoms with van der Waals surface area (Å²) in [6.07, 6.45) is 1.71. The molecule has 151 valence electrons. The smallest absolute Gasteiger partial charge is 0.329 e. The van der Waals surface area contributed by atoms with Crippen molar-refractivity contribution in [2.45, 2.75) is 12.8 Å². The summed E-state index contributed by atoms with van der Waals surface area (Å²) >= 11 is 0. The van der Waals surface area contributed by atoms with Crippen LogP contribution in [0.4, 0.5) is 5.82 Å². The van der Waals surface area contributed by atoms with E-state index >= 15 is 0 Å². The third kappa shape index (κ3) is 6.96. The van der Waals surface area contributed by atoms with Crippen molar-refractivity contribution in [2.24, 2.45) is 0 Å². The predicted octanol–water partition coefficient (Wildman–Crippen LogP) is 4.35. The van der Waals surface area contributed by atoms with Crippen LogP contribution < -0.4 is 4.90 Å². The van der Waals surface area contributed by atoms with Gasteiger partial charge in [-0.2, -0.15) is 0 Å². The summed E-state index contributed by atoms with van der Waals surface area (Å²) < 4.78 is 5.09. The standard InChI is InChI=1S/C24H26N2O3.Na/c1-26(16-8-9-17-29-18-23(27)28)22-15-14-21(19-10-4-2-5-11-19)24(25-22)20-12-6-3-7-13-20;/h2-7,10-15H,8-9,16-18H2,1H3,(H,27,28);. The summed E-state index contributed by atoms with van der Waals surface area (Å²) in [5.41, 5.74) is 4.30. The van der Waals surface area contributed by atoms with Gasteiger partial charge in [0.1, 0.15) is 12.4 Å². The molecule has 0 saturated carbocycles. The SMILES string of the molecule is CN(CCCCOCC(=O)O)c1ccc(-c2ccccc2)c(-c2ccccc2)n1.[Na]. The van der Waals surface area contributed by atoms with E-state index in [0.29, 0.717) is 6.61 Å². The molecule has 0 aliphatic rings. The van der Waals surface area contributed by atoms with Gasteiger partial charge in [-0.05, 0) is 30.5 Å². The van der Waals surface area contributed by atoms with Crippen molar-refractivity contribution in [1.29, 1.82) is 0 Å². The van der Waals surface area contributed by atoms with E-state index in [0.717, 1.165) is 47.6 Å². The van der Waals surface area contributed by atoms with Crippen LogP contribution in [0.2, 0.25) is 0 Å². The van der Waals surface area contributed by atoms with Crippen LogP contribution in [0.25, 0.3) is 22.4 Å². The van der Waals surface area contributed by atoms with E-state index in [4.69, 9.17) is 14.8 Å². The molecule has 0 fully saturated rings. The summed E-state index contributed by atoms with van der Waals surface area (Å²) in [4.78, 5) is 17.6. The summed E-state index contributed by atoms with van der Waals surface area (Å²) in [5, 5.41) is 8.59. The zero-order chi connectivity index (χ0) is 20.5. The van der Waals surface area contributed by atoms with Crippen LogP contribution in [-0.2, 0) is 9.53 Å². The maximum atomic E-state index is 10.5. The molecule has 30 heavy (non-hydrogen) atoms. The van der Waals surface area contributed by atoms with Crippen LogP contribution in [0.5, 0.6) is 0 Å². The number of pyridine rings is 1. The Morgan fingerprint density at radius 3 is 2.20 bits per heavy atom. The van der Waals surface area contributed by atoms with Gasteiger partial charge < -0.3 is 14.7 Å². The molecule has 0 spiro atoms. The van der Waals surface area contributed by atoms with Crippen LogP contribution in [0, 0.1) is 0 Å². The number of benzene rings is 2. The topological polar surface area (TPSA) is 62.7 Å². The Hall–Kier alpha value is -2.18. The van der Waals surface area contributed by atoms with Crippen molar-refractivity contribution in [3.63, 3.8) is 0 Å². The third-order valence-electron chi connectivity index (χ3n) is 4.66. The first kappa shape index (κ1) is 24.1. The minimum absolute atomic E-state index is 0. The molecule has 1 heterocycles. The largest absolute Gasteiger partial charge is 0.480 e. The molecule has 3 rings (SSSR count). The Morgan fingerprint density at radius 2 is 1.57 bits per heavy atom. The van der Waals surface area contributed by atoms with Crippen molar-refractivity contribution in [3.8, 4) is 22.4 Å². The fourth-order valence-corrected chi connectivity index (χ4v) is 3.16. The molecule has 0 aliphatic heterocycles. The normalized spacial score (nSPS) is 10.3. The van der Waals surface area contributed by atoms with E-state index in [1.165, 1.54) is 0 Å². The molecule has 0 bridgehead atoms. The number of carbonyl (C=O) groups is 1. The van der Waals surface area contributed by atoms with E-state index in [1.54, 1.807) is 0 Å². The number of carboxylic acid groups (broad SMARTS) is 1. The number of aliphatic carboxylic acids is 1. The summed E-state index contributed by atoms with van der Waals surface area (Å²) in [5.74, 6) is -0.0201. The molecule has 6 heteroatoms. The molecule has 3 aromatic rings. The van der Waals surface area contributed by atoms with Crippen molar-refractivity contribution >= 4 is 41.3 Å². The Labute approximate surface area is 200 Å². The Morgan fingerprint density at radius 1 is 0.933 bits per heavy atom. The van der Waals surface area contributed by atoms with Gasteiger partial charge >= 0.3 is 5.97 Å². The van der Waals surface area contributed by atoms with Gasteiger partial charge in [-0.15, -0.1) is 0 Å². The Balaban J connectivity index is 0.00000320. The van der Waals surface area contributed by atoms with Crippen LogP contribution in [0.3, 0.4) is 0 Å². The first-order valence-electron chi connectivity index (χ1n) is 9.77. The van der Waals surface area contributed by atoms with E-state index in [2.05, 4.69) is 41.3 Å². The van der Waals surface area contributed by atoms with E-state index in [1.807, 2.05) is 43.4 Å². The predicted molar refractivity (Wildman–Crippen MR) is 122 cm³/mol. The first-order valence-corrected chi connectivity index (χ1v) is 9.77. The molecule has 0 atom stereocenters. The zero-order valence-electron chi connectivity index (χ0n) is 17.6. The molecule has 2 aromatic carbocycles. The second-order valence-corrected chi connectivity index (χ2v) is 6.87. The van der Waals surface area contributed by atoms with Gasteiger partial charge in [-0.25, -0.2) is 9.78 Å². The van der Waals surface area contributed by atoms with Gasteiger partial charge in [0.25, 0.3) is 0 Å². The number of ether oxygens (including phenoxy) is 1. The number of rotatable bonds is 10. The Bertz CT molecular complexity index is 920. The van der Waals surface area contributed by atoms with E-state index in [9.17, 15) is 4.79 Å². The number of hydrogen-bond donors (Lipinski definition) is 1. The fourth-order valence-electron chi connectivity index (χ4n) is 3.16. The van der Waals surface area contributed by atoms with Crippen LogP contribution in [0.15, 0.2) is 72.8 Å². The second kappa shape index (κ2) is 12.5. The zero-order valence-corrected chi connectivity index (χ0v) is 19.6. The molecular formula is C24H26N2NaO3. The number of carboxylic acids is 1. The van der Waals surface area contributed by atoms with E-state index < -0.39 is 5.97 Å². The number of hydrogen-bond acceptors (Lipinski definition) is 4.